The number of urea groups is 1. The third-order valence-electron chi connectivity index (χ3n) is 5.39. The van der Waals surface area contributed by atoms with Gasteiger partial charge in [-0.1, -0.05) is 59.6 Å². The average molecular weight is 462 g/mol. The average Bonchev–Trinajstić information content (AvgIpc) is 3.35. The van der Waals surface area contributed by atoms with E-state index < -0.39 is 11.9 Å². The Balaban J connectivity index is 1.44. The van der Waals surface area contributed by atoms with Crippen molar-refractivity contribution in [1.82, 2.24) is 14.8 Å². The minimum Gasteiger partial charge on any atom is -0.317 e. The third kappa shape index (κ3) is 3.77. The summed E-state index contributed by atoms with van der Waals surface area (Å²) in [5.74, 6) is -0.410. The van der Waals surface area contributed by atoms with Gasteiger partial charge in [0.2, 0.25) is 0 Å². The predicted molar refractivity (Wildman–Crippen MR) is 127 cm³/mol. The Labute approximate surface area is 194 Å². The number of imide groups is 1. The first-order valence-corrected chi connectivity index (χ1v) is 10.7. The molecule has 1 aliphatic rings. The van der Waals surface area contributed by atoms with Crippen LogP contribution in [-0.4, -0.2) is 21.4 Å². The van der Waals surface area contributed by atoms with E-state index in [0.29, 0.717) is 15.6 Å². The van der Waals surface area contributed by atoms with E-state index in [1.165, 1.54) is 0 Å². The molecule has 7 heteroatoms. The molecule has 0 bridgehead atoms. The molecule has 3 aromatic carbocycles. The molecule has 0 spiro atoms. The Kier molecular flexibility index (Phi) is 5.21. The molecule has 4 aromatic rings. The Bertz CT molecular complexity index is 1410. The Hall–Kier alpha value is -3.54. The lowest BCUT2D eigenvalue weighted by Crippen LogP contribution is -2.30. The molecule has 1 fully saturated rings. The second-order valence-corrected chi connectivity index (χ2v) is 8.29. The van der Waals surface area contributed by atoms with E-state index in [2.05, 4.69) is 29.6 Å². The van der Waals surface area contributed by atoms with E-state index in [1.807, 2.05) is 41.1 Å². The number of carbonyl (C=O) groups is 2. The highest BCUT2D eigenvalue weighted by Crippen LogP contribution is 2.25. The van der Waals surface area contributed by atoms with Crippen LogP contribution in [-0.2, 0) is 11.3 Å². The van der Waals surface area contributed by atoms with Crippen molar-refractivity contribution in [3.05, 3.63) is 106 Å². The minimum atomic E-state index is -0.490. The van der Waals surface area contributed by atoms with Crippen LogP contribution in [0.5, 0.6) is 0 Å². The van der Waals surface area contributed by atoms with Crippen LogP contribution in [0.4, 0.5) is 4.79 Å². The number of hydrogen-bond donors (Lipinski definition) is 1. The van der Waals surface area contributed by atoms with E-state index in [9.17, 15) is 9.59 Å². The van der Waals surface area contributed by atoms with Crippen molar-refractivity contribution in [2.24, 2.45) is 0 Å². The molecule has 0 unspecified atom stereocenters. The number of nitrogens with one attached hydrogen (secondary N) is 1. The largest absolute Gasteiger partial charge is 0.329 e. The van der Waals surface area contributed by atoms with Gasteiger partial charge in [-0.25, -0.2) is 4.79 Å². The minimum absolute atomic E-state index is 0.0592. The van der Waals surface area contributed by atoms with Crippen molar-refractivity contribution in [3.8, 4) is 5.69 Å². The van der Waals surface area contributed by atoms with Gasteiger partial charge in [0.15, 0.2) is 0 Å². The van der Waals surface area contributed by atoms with Crippen LogP contribution in [0.1, 0.15) is 11.3 Å². The van der Waals surface area contributed by atoms with Gasteiger partial charge in [-0.3, -0.25) is 9.69 Å². The summed E-state index contributed by atoms with van der Waals surface area (Å²) in [6.45, 7) is 0.0592. The van der Waals surface area contributed by atoms with Crippen LogP contribution < -0.4 is 5.32 Å². The van der Waals surface area contributed by atoms with Gasteiger partial charge in [0.25, 0.3) is 5.91 Å². The van der Waals surface area contributed by atoms with E-state index in [-0.39, 0.29) is 12.2 Å². The zero-order valence-corrected chi connectivity index (χ0v) is 18.3. The maximum Gasteiger partial charge on any atom is 0.329 e. The number of rotatable bonds is 4. The fraction of sp³-hybridized carbons (Fsp3) is 0.0400. The van der Waals surface area contributed by atoms with E-state index in [4.69, 9.17) is 23.2 Å². The summed E-state index contributed by atoms with van der Waals surface area (Å²) in [4.78, 5) is 26.6. The molecule has 1 aromatic heterocycles. The fourth-order valence-corrected chi connectivity index (χ4v) is 4.23. The summed E-state index contributed by atoms with van der Waals surface area (Å²) in [6, 6.07) is 22.6. The van der Waals surface area contributed by atoms with Crippen molar-refractivity contribution in [3.63, 3.8) is 0 Å². The molecule has 158 valence electrons. The zero-order valence-electron chi connectivity index (χ0n) is 16.8. The number of benzene rings is 3. The van der Waals surface area contributed by atoms with Crippen molar-refractivity contribution < 1.29 is 9.59 Å². The number of halogens is 2. The molecule has 3 amide bonds. The number of aromatic nitrogens is 1. The second kappa shape index (κ2) is 8.19. The van der Waals surface area contributed by atoms with E-state index in [1.54, 1.807) is 24.3 Å². The van der Waals surface area contributed by atoms with Crippen LogP contribution >= 0.6 is 23.2 Å². The molecule has 0 radical (unpaired) electrons. The molecule has 1 saturated heterocycles. The molecular weight excluding hydrogens is 445 g/mol. The van der Waals surface area contributed by atoms with Crippen LogP contribution in [0.2, 0.25) is 10.0 Å². The SMILES string of the molecule is O=C1N/C(=C\c2cccn2-c2ccc3ccccc3c2)C(=O)N1Cc1ccc(Cl)cc1Cl. The van der Waals surface area contributed by atoms with Gasteiger partial charge in [-0.05, 0) is 58.8 Å². The predicted octanol–water partition coefficient (Wildman–Crippen LogP) is 6.03. The summed E-state index contributed by atoms with van der Waals surface area (Å²) < 4.78 is 1.97. The molecule has 5 nitrogen and oxygen atoms in total. The smallest absolute Gasteiger partial charge is 0.317 e. The molecule has 1 aliphatic heterocycles. The first-order chi connectivity index (χ1) is 15.5. The Morgan fingerprint density at radius 2 is 1.69 bits per heavy atom. The van der Waals surface area contributed by atoms with E-state index in [0.717, 1.165) is 27.1 Å². The summed E-state index contributed by atoms with van der Waals surface area (Å²) in [7, 11) is 0. The highest BCUT2D eigenvalue weighted by molar-refractivity contribution is 6.35. The van der Waals surface area contributed by atoms with Gasteiger partial charge >= 0.3 is 6.03 Å². The number of hydrogen-bond acceptors (Lipinski definition) is 2. The van der Waals surface area contributed by atoms with Crippen molar-refractivity contribution >= 4 is 52.0 Å². The van der Waals surface area contributed by atoms with Crippen LogP contribution in [0, 0.1) is 0 Å². The van der Waals surface area contributed by atoms with Crippen molar-refractivity contribution in [2.45, 2.75) is 6.54 Å². The Morgan fingerprint density at radius 3 is 2.50 bits per heavy atom. The molecular formula is C25H17Cl2N3O2. The molecule has 2 heterocycles. The van der Waals surface area contributed by atoms with E-state index >= 15 is 0 Å². The quantitative estimate of drug-likeness (QED) is 0.298. The molecule has 1 N–H and O–H groups in total. The van der Waals surface area contributed by atoms with Gasteiger partial charge in [0, 0.05) is 27.6 Å². The van der Waals surface area contributed by atoms with Gasteiger partial charge in [-0.2, -0.15) is 0 Å². The van der Waals surface area contributed by atoms with Crippen LogP contribution in [0.25, 0.3) is 22.5 Å². The lowest BCUT2D eigenvalue weighted by Gasteiger charge is -2.13. The summed E-state index contributed by atoms with van der Waals surface area (Å²) >= 11 is 12.1. The number of nitrogens with zero attached hydrogens (tertiary/aromatic N) is 2. The van der Waals surface area contributed by atoms with Gasteiger partial charge < -0.3 is 9.88 Å². The number of fused-ring (bicyclic) bond motifs is 1. The van der Waals surface area contributed by atoms with Crippen molar-refractivity contribution in [1.29, 1.82) is 0 Å². The third-order valence-corrected chi connectivity index (χ3v) is 5.98. The highest BCUT2D eigenvalue weighted by Gasteiger charge is 2.34. The zero-order chi connectivity index (χ0) is 22.2. The number of carbonyl (C=O) groups excluding carboxylic acids is 2. The highest BCUT2D eigenvalue weighted by atomic mass is 35.5. The summed E-state index contributed by atoms with van der Waals surface area (Å²) in [5.41, 5.74) is 2.58. The molecule has 0 atom stereocenters. The fourth-order valence-electron chi connectivity index (χ4n) is 3.76. The van der Waals surface area contributed by atoms with Gasteiger partial charge in [-0.15, -0.1) is 0 Å². The normalized spacial score (nSPS) is 15.1. The maximum atomic E-state index is 12.9. The second-order valence-electron chi connectivity index (χ2n) is 7.45. The van der Waals surface area contributed by atoms with Gasteiger partial charge in [0.05, 0.1) is 6.54 Å². The van der Waals surface area contributed by atoms with Crippen molar-refractivity contribution in [2.75, 3.05) is 0 Å². The number of amides is 3. The lowest BCUT2D eigenvalue weighted by atomic mass is 10.1. The molecule has 5 rings (SSSR count). The monoisotopic (exact) mass is 461 g/mol. The van der Waals surface area contributed by atoms with Gasteiger partial charge in [0.1, 0.15) is 5.70 Å². The topological polar surface area (TPSA) is 54.3 Å². The molecule has 0 aliphatic carbocycles. The first kappa shape index (κ1) is 20.4. The summed E-state index contributed by atoms with van der Waals surface area (Å²) in [6.07, 6.45) is 3.60. The standard InChI is InChI=1S/C25H17Cl2N3O2/c26-19-9-7-18(22(27)13-19)15-30-24(31)23(28-25(30)32)14-20-6-3-11-29(20)21-10-8-16-4-1-2-5-17(16)12-21/h1-14H,15H2,(H,28,32)/b23-14-. The lowest BCUT2D eigenvalue weighted by molar-refractivity contribution is -0.123. The van der Waals surface area contributed by atoms with Crippen LogP contribution in [0.15, 0.2) is 84.7 Å². The molecule has 0 saturated carbocycles. The Morgan fingerprint density at radius 1 is 0.875 bits per heavy atom. The maximum absolute atomic E-state index is 12.9. The first-order valence-electron chi connectivity index (χ1n) is 9.94. The van der Waals surface area contributed by atoms with Crippen LogP contribution in [0.3, 0.4) is 0 Å². The molecule has 32 heavy (non-hydrogen) atoms. The summed E-state index contributed by atoms with van der Waals surface area (Å²) in [5, 5.41) is 5.83.